The van der Waals surface area contributed by atoms with Crippen molar-refractivity contribution in [3.05, 3.63) is 24.4 Å². The summed E-state index contributed by atoms with van der Waals surface area (Å²) >= 11 is 0. The average molecular weight is 360 g/mol. The monoisotopic (exact) mass is 360 g/mol. The van der Waals surface area contributed by atoms with Gasteiger partial charge in [0.25, 0.3) is 0 Å². The number of anilines is 4. The van der Waals surface area contributed by atoms with Gasteiger partial charge in [-0.1, -0.05) is 6.07 Å². The van der Waals surface area contributed by atoms with Crippen LogP contribution in [0.15, 0.2) is 24.4 Å². The van der Waals surface area contributed by atoms with Crippen LogP contribution in [0.2, 0.25) is 0 Å². The van der Waals surface area contributed by atoms with Gasteiger partial charge < -0.3 is 29.9 Å². The Labute approximate surface area is 152 Å². The van der Waals surface area contributed by atoms with E-state index in [2.05, 4.69) is 20.6 Å². The summed E-state index contributed by atoms with van der Waals surface area (Å²) in [6.45, 7) is 0. The molecule has 0 fully saturated rings. The Balaban J connectivity index is 2.23. The fourth-order valence-corrected chi connectivity index (χ4v) is 2.27. The molecule has 0 spiro atoms. The molecule has 0 aliphatic carbocycles. The Morgan fingerprint density at radius 1 is 1.00 bits per heavy atom. The van der Waals surface area contributed by atoms with Gasteiger partial charge in [-0.25, -0.2) is 9.78 Å². The van der Waals surface area contributed by atoms with Gasteiger partial charge in [0, 0.05) is 28.2 Å². The van der Waals surface area contributed by atoms with Crippen molar-refractivity contribution in [2.24, 2.45) is 0 Å². The molecular formula is C17H24N6O3. The zero-order valence-corrected chi connectivity index (χ0v) is 15.8. The van der Waals surface area contributed by atoms with Crippen LogP contribution < -0.4 is 29.9 Å². The van der Waals surface area contributed by atoms with Crippen molar-refractivity contribution in [2.75, 3.05) is 62.8 Å². The van der Waals surface area contributed by atoms with Crippen LogP contribution in [-0.2, 0) is 0 Å². The third-order valence-electron chi connectivity index (χ3n) is 3.48. The zero-order chi connectivity index (χ0) is 19.3. The van der Waals surface area contributed by atoms with E-state index in [9.17, 15) is 4.79 Å². The van der Waals surface area contributed by atoms with Crippen LogP contribution in [0.4, 0.5) is 27.9 Å². The molecule has 2 rings (SSSR count). The van der Waals surface area contributed by atoms with E-state index in [-0.39, 0.29) is 0 Å². The number of para-hydroxylation sites is 1. The van der Waals surface area contributed by atoms with E-state index < -0.39 is 6.03 Å². The summed E-state index contributed by atoms with van der Waals surface area (Å²) in [7, 11) is 10.4. The number of nitrogens with one attached hydrogen (secondary N) is 2. The quantitative estimate of drug-likeness (QED) is 0.816. The highest BCUT2D eigenvalue weighted by Crippen LogP contribution is 2.34. The number of carbonyl (C=O) groups is 1. The van der Waals surface area contributed by atoms with E-state index in [4.69, 9.17) is 9.47 Å². The minimum atomic E-state index is -0.444. The molecule has 0 atom stereocenters. The minimum Gasteiger partial charge on any atom is -0.493 e. The van der Waals surface area contributed by atoms with Gasteiger partial charge in [0.2, 0.25) is 5.95 Å². The Morgan fingerprint density at radius 2 is 1.69 bits per heavy atom. The first-order valence-corrected chi connectivity index (χ1v) is 7.88. The maximum atomic E-state index is 12.4. The van der Waals surface area contributed by atoms with Gasteiger partial charge in [0.05, 0.1) is 26.1 Å². The van der Waals surface area contributed by atoms with Crippen molar-refractivity contribution < 1.29 is 14.3 Å². The fraction of sp³-hybridized carbons (Fsp3) is 0.353. The maximum Gasteiger partial charge on any atom is 0.323 e. The normalized spacial score (nSPS) is 10.1. The molecular weight excluding hydrogens is 336 g/mol. The van der Waals surface area contributed by atoms with Gasteiger partial charge in [-0.15, -0.1) is 0 Å². The molecule has 2 N–H and O–H groups in total. The summed E-state index contributed by atoms with van der Waals surface area (Å²) in [4.78, 5) is 24.7. The molecule has 1 aromatic heterocycles. The lowest BCUT2D eigenvalue weighted by atomic mass is 10.2. The lowest BCUT2D eigenvalue weighted by molar-refractivity contribution is 0.262. The Bertz CT molecular complexity index is 779. The van der Waals surface area contributed by atoms with Gasteiger partial charge >= 0.3 is 6.03 Å². The molecule has 9 heteroatoms. The Kier molecular flexibility index (Phi) is 6.05. The average Bonchev–Trinajstić information content (AvgIpc) is 2.61. The zero-order valence-electron chi connectivity index (χ0n) is 15.8. The predicted molar refractivity (Wildman–Crippen MR) is 103 cm³/mol. The van der Waals surface area contributed by atoms with E-state index in [0.29, 0.717) is 34.6 Å². The van der Waals surface area contributed by atoms with Crippen molar-refractivity contribution >= 4 is 29.2 Å². The Morgan fingerprint density at radius 3 is 2.27 bits per heavy atom. The number of nitrogens with zero attached hydrogens (tertiary/aromatic N) is 4. The fourth-order valence-electron chi connectivity index (χ4n) is 2.27. The Hall–Kier alpha value is -3.23. The summed E-state index contributed by atoms with van der Waals surface area (Å²) < 4.78 is 10.6. The van der Waals surface area contributed by atoms with E-state index in [0.717, 1.165) is 0 Å². The first-order valence-electron chi connectivity index (χ1n) is 7.88. The summed E-state index contributed by atoms with van der Waals surface area (Å²) in [5.74, 6) is 2.11. The number of amides is 2. The molecule has 0 radical (unpaired) electrons. The van der Waals surface area contributed by atoms with Crippen molar-refractivity contribution in [1.29, 1.82) is 0 Å². The van der Waals surface area contributed by atoms with Gasteiger partial charge in [0.1, 0.15) is 5.69 Å². The van der Waals surface area contributed by atoms with Crippen LogP contribution in [0.25, 0.3) is 0 Å². The summed E-state index contributed by atoms with van der Waals surface area (Å²) in [6, 6.07) is 4.79. The molecule has 0 unspecified atom stereocenters. The van der Waals surface area contributed by atoms with Crippen molar-refractivity contribution in [3.8, 4) is 11.5 Å². The van der Waals surface area contributed by atoms with Gasteiger partial charge in [-0.05, 0) is 12.1 Å². The molecule has 0 bridgehead atoms. The highest BCUT2D eigenvalue weighted by molar-refractivity contribution is 6.02. The first-order chi connectivity index (χ1) is 12.4. The summed E-state index contributed by atoms with van der Waals surface area (Å²) in [6.07, 6.45) is 1.57. The van der Waals surface area contributed by atoms with E-state index in [1.165, 1.54) is 14.2 Å². The number of rotatable bonds is 6. The third-order valence-corrected chi connectivity index (χ3v) is 3.48. The van der Waals surface area contributed by atoms with Crippen molar-refractivity contribution in [3.63, 3.8) is 0 Å². The highest BCUT2D eigenvalue weighted by Gasteiger charge is 2.16. The molecule has 9 nitrogen and oxygen atoms in total. The van der Waals surface area contributed by atoms with E-state index in [1.807, 2.05) is 28.2 Å². The molecule has 140 valence electrons. The number of hydrogen-bond acceptors (Lipinski definition) is 7. The van der Waals surface area contributed by atoms with Crippen molar-refractivity contribution in [1.82, 2.24) is 9.97 Å². The molecule has 0 aliphatic rings. The predicted octanol–water partition coefficient (Wildman–Crippen LogP) is 2.27. The highest BCUT2D eigenvalue weighted by atomic mass is 16.5. The van der Waals surface area contributed by atoms with Crippen LogP contribution in [0.5, 0.6) is 11.5 Å². The molecule has 2 amide bonds. The molecule has 0 aliphatic heterocycles. The molecule has 1 aromatic carbocycles. The molecule has 26 heavy (non-hydrogen) atoms. The van der Waals surface area contributed by atoms with Gasteiger partial charge in [0.15, 0.2) is 17.3 Å². The van der Waals surface area contributed by atoms with Gasteiger partial charge in [-0.2, -0.15) is 4.98 Å². The second-order valence-electron chi connectivity index (χ2n) is 5.82. The second kappa shape index (κ2) is 8.24. The topological polar surface area (TPSA) is 91.8 Å². The smallest absolute Gasteiger partial charge is 0.323 e. The minimum absolute atomic E-state index is 0.442. The van der Waals surface area contributed by atoms with Crippen LogP contribution in [0.3, 0.4) is 0 Å². The summed E-state index contributed by atoms with van der Waals surface area (Å²) in [5, 5.41) is 5.51. The third kappa shape index (κ3) is 4.24. The number of aromatic nitrogens is 2. The lowest BCUT2D eigenvalue weighted by Gasteiger charge is -2.19. The van der Waals surface area contributed by atoms with Gasteiger partial charge in [-0.3, -0.25) is 0 Å². The second-order valence-corrected chi connectivity index (χ2v) is 5.82. The van der Waals surface area contributed by atoms with Crippen LogP contribution >= 0.6 is 0 Å². The first kappa shape index (κ1) is 19.1. The number of urea groups is 1. The molecule has 1 heterocycles. The number of hydrogen-bond donors (Lipinski definition) is 2. The lowest BCUT2D eigenvalue weighted by Crippen LogP contribution is -2.24. The molecule has 2 aromatic rings. The van der Waals surface area contributed by atoms with Crippen LogP contribution in [0, 0.1) is 0 Å². The van der Waals surface area contributed by atoms with Crippen molar-refractivity contribution in [2.45, 2.75) is 0 Å². The SMILES string of the molecule is COc1cccc(NC(=O)Nc2cnc(N(C)C)nc2N(C)C)c1OC. The van der Waals surface area contributed by atoms with E-state index >= 15 is 0 Å². The number of methoxy groups -OCH3 is 2. The van der Waals surface area contributed by atoms with E-state index in [1.54, 1.807) is 34.2 Å². The standard InChI is InChI=1S/C17H24N6O3/c1-22(2)15-12(10-18-16(21-15)23(3)4)20-17(24)19-11-8-7-9-13(25-5)14(11)26-6/h7-10H,1-6H3,(H2,19,20,24). The van der Waals surface area contributed by atoms with Crippen LogP contribution in [-0.4, -0.2) is 58.4 Å². The number of benzene rings is 1. The molecule has 0 saturated carbocycles. The largest absolute Gasteiger partial charge is 0.493 e. The number of ether oxygens (including phenoxy) is 2. The summed E-state index contributed by atoms with van der Waals surface area (Å²) in [5.41, 5.74) is 0.974. The maximum absolute atomic E-state index is 12.4. The van der Waals surface area contributed by atoms with Crippen LogP contribution in [0.1, 0.15) is 0 Å². The number of carbonyl (C=O) groups excluding carboxylic acids is 1. The molecule has 0 saturated heterocycles.